The number of hydrogen-bond acceptors (Lipinski definition) is 4. The van der Waals surface area contributed by atoms with Crippen LogP contribution in [0.4, 0.5) is 0 Å². The Morgan fingerprint density at radius 3 is 3.14 bits per heavy atom. The van der Waals surface area contributed by atoms with E-state index in [1.165, 1.54) is 0 Å². The lowest BCUT2D eigenvalue weighted by molar-refractivity contribution is 0.00190. The van der Waals surface area contributed by atoms with Gasteiger partial charge >= 0.3 is 0 Å². The van der Waals surface area contributed by atoms with Crippen molar-refractivity contribution in [2.45, 2.75) is 38.7 Å². The number of nitrogens with one attached hydrogen (secondary N) is 2. The molecule has 22 heavy (non-hydrogen) atoms. The number of aliphatic hydroxyl groups excluding tert-OH is 1. The van der Waals surface area contributed by atoms with Crippen LogP contribution in [0.3, 0.4) is 0 Å². The van der Waals surface area contributed by atoms with Crippen LogP contribution in [0.1, 0.15) is 43.0 Å². The number of carbonyl (C=O) groups is 1. The van der Waals surface area contributed by atoms with Crippen molar-refractivity contribution in [2.75, 3.05) is 6.54 Å². The molecule has 1 saturated carbocycles. The summed E-state index contributed by atoms with van der Waals surface area (Å²) in [5, 5.41) is 13.1. The zero-order valence-electron chi connectivity index (χ0n) is 12.5. The minimum atomic E-state index is -0.355. The van der Waals surface area contributed by atoms with Crippen LogP contribution in [0.25, 0.3) is 11.1 Å². The third kappa shape index (κ3) is 2.94. The molecular formula is C16H20N2O3S. The molecule has 0 radical (unpaired) electrons. The van der Waals surface area contributed by atoms with E-state index in [9.17, 15) is 9.90 Å². The van der Waals surface area contributed by atoms with Crippen molar-refractivity contribution < 1.29 is 14.3 Å². The average molecular weight is 320 g/mol. The van der Waals surface area contributed by atoms with Gasteiger partial charge in [-0.3, -0.25) is 4.79 Å². The third-order valence-corrected chi connectivity index (χ3v) is 4.80. The van der Waals surface area contributed by atoms with Crippen LogP contribution in [0.2, 0.25) is 0 Å². The lowest BCUT2D eigenvalue weighted by Crippen LogP contribution is -2.45. The van der Waals surface area contributed by atoms with Crippen molar-refractivity contribution in [3.63, 3.8) is 0 Å². The largest absolute Gasteiger partial charge is 0.429 e. The number of benzene rings is 1. The van der Waals surface area contributed by atoms with Gasteiger partial charge in [0.1, 0.15) is 0 Å². The molecule has 3 N–H and O–H groups in total. The first-order valence-electron chi connectivity index (χ1n) is 7.57. The van der Waals surface area contributed by atoms with Gasteiger partial charge in [0.25, 0.3) is 10.7 Å². The monoisotopic (exact) mass is 320 g/mol. The SMILES string of the molecule is C[C@@]1(CNC(=O)c2ccc3[nH]c(=S)oc3c2)CCCC[C@H]1O. The number of oxazole rings is 1. The smallest absolute Gasteiger partial charge is 0.266 e. The minimum Gasteiger partial charge on any atom is -0.429 e. The highest BCUT2D eigenvalue weighted by Gasteiger charge is 2.35. The maximum atomic E-state index is 12.3. The van der Waals surface area contributed by atoms with Gasteiger partial charge in [-0.15, -0.1) is 0 Å². The minimum absolute atomic E-state index is 0.164. The molecule has 1 heterocycles. The van der Waals surface area contributed by atoms with E-state index < -0.39 is 0 Å². The highest BCUT2D eigenvalue weighted by molar-refractivity contribution is 7.71. The molecule has 3 rings (SSSR count). The number of aliphatic hydroxyl groups is 1. The Kier molecular flexibility index (Phi) is 4.06. The van der Waals surface area contributed by atoms with E-state index in [-0.39, 0.29) is 17.4 Å². The van der Waals surface area contributed by atoms with E-state index in [1.54, 1.807) is 18.2 Å². The van der Waals surface area contributed by atoms with Gasteiger partial charge in [0, 0.05) is 17.5 Å². The Balaban J connectivity index is 1.71. The summed E-state index contributed by atoms with van der Waals surface area (Å²) in [4.78, 5) is 15.5. The van der Waals surface area contributed by atoms with Gasteiger partial charge in [0.05, 0.1) is 11.6 Å². The van der Waals surface area contributed by atoms with Gasteiger partial charge in [-0.05, 0) is 43.3 Å². The van der Waals surface area contributed by atoms with Gasteiger partial charge < -0.3 is 19.8 Å². The first-order chi connectivity index (χ1) is 10.5. The van der Waals surface area contributed by atoms with Gasteiger partial charge in [-0.2, -0.15) is 0 Å². The van der Waals surface area contributed by atoms with Crippen molar-refractivity contribution in [2.24, 2.45) is 5.41 Å². The van der Waals surface area contributed by atoms with Crippen molar-refractivity contribution in [1.29, 1.82) is 0 Å². The third-order valence-electron chi connectivity index (χ3n) is 4.62. The van der Waals surface area contributed by atoms with Crippen molar-refractivity contribution in [3.8, 4) is 0 Å². The van der Waals surface area contributed by atoms with Gasteiger partial charge in [0.2, 0.25) is 0 Å². The van der Waals surface area contributed by atoms with Crippen LogP contribution >= 0.6 is 12.2 Å². The molecule has 0 bridgehead atoms. The summed E-state index contributed by atoms with van der Waals surface area (Å²) in [5.41, 5.74) is 1.63. The Bertz CT molecular complexity index is 751. The van der Waals surface area contributed by atoms with E-state index in [2.05, 4.69) is 10.3 Å². The molecule has 2 aromatic rings. The number of aromatic amines is 1. The highest BCUT2D eigenvalue weighted by atomic mass is 32.1. The summed E-state index contributed by atoms with van der Waals surface area (Å²) >= 11 is 4.94. The number of hydrogen-bond donors (Lipinski definition) is 3. The summed E-state index contributed by atoms with van der Waals surface area (Å²) in [7, 11) is 0. The number of fused-ring (bicyclic) bond motifs is 1. The summed E-state index contributed by atoms with van der Waals surface area (Å²) in [5.74, 6) is -0.164. The molecule has 0 saturated heterocycles. The van der Waals surface area contributed by atoms with Crippen molar-refractivity contribution in [3.05, 3.63) is 28.6 Å². The fourth-order valence-electron chi connectivity index (χ4n) is 3.06. The predicted molar refractivity (Wildman–Crippen MR) is 86.3 cm³/mol. The Labute approximate surface area is 133 Å². The first kappa shape index (κ1) is 15.2. The van der Waals surface area contributed by atoms with Crippen LogP contribution in [0, 0.1) is 10.3 Å². The second kappa shape index (κ2) is 5.85. The lowest BCUT2D eigenvalue weighted by Gasteiger charge is -2.38. The maximum absolute atomic E-state index is 12.3. The van der Waals surface area contributed by atoms with Gasteiger partial charge in [-0.25, -0.2) is 0 Å². The van der Waals surface area contributed by atoms with Crippen LogP contribution in [0.15, 0.2) is 22.6 Å². The molecule has 2 atom stereocenters. The number of rotatable bonds is 3. The summed E-state index contributed by atoms with van der Waals surface area (Å²) in [6, 6.07) is 5.19. The molecule has 1 aromatic carbocycles. The predicted octanol–water partition coefficient (Wildman–Crippen LogP) is 3.16. The van der Waals surface area contributed by atoms with Gasteiger partial charge in [-0.1, -0.05) is 19.8 Å². The molecule has 1 aliphatic rings. The molecule has 1 fully saturated rings. The quantitative estimate of drug-likeness (QED) is 0.759. The number of H-pyrrole nitrogens is 1. The van der Waals surface area contributed by atoms with E-state index in [0.717, 1.165) is 31.2 Å². The summed E-state index contributed by atoms with van der Waals surface area (Å²) in [6.07, 6.45) is 3.53. The molecule has 0 unspecified atom stereocenters. The number of amides is 1. The lowest BCUT2D eigenvalue weighted by atomic mass is 9.73. The molecule has 1 aromatic heterocycles. The fraction of sp³-hybridized carbons (Fsp3) is 0.500. The summed E-state index contributed by atoms with van der Waals surface area (Å²) in [6.45, 7) is 2.51. The Morgan fingerprint density at radius 1 is 1.55 bits per heavy atom. The molecule has 5 nitrogen and oxygen atoms in total. The Morgan fingerprint density at radius 2 is 2.36 bits per heavy atom. The zero-order valence-corrected chi connectivity index (χ0v) is 13.3. The highest BCUT2D eigenvalue weighted by Crippen LogP contribution is 2.35. The van der Waals surface area contributed by atoms with Crippen molar-refractivity contribution >= 4 is 29.2 Å². The maximum Gasteiger partial charge on any atom is 0.266 e. The normalized spacial score (nSPS) is 25.3. The van der Waals surface area contributed by atoms with Crippen LogP contribution in [-0.4, -0.2) is 28.6 Å². The second-order valence-corrected chi connectivity index (χ2v) is 6.69. The molecular weight excluding hydrogens is 300 g/mol. The second-order valence-electron chi connectivity index (χ2n) is 6.32. The van der Waals surface area contributed by atoms with Crippen LogP contribution in [0.5, 0.6) is 0 Å². The molecule has 0 aliphatic heterocycles. The molecule has 1 aliphatic carbocycles. The van der Waals surface area contributed by atoms with E-state index in [1.807, 2.05) is 6.92 Å². The fourth-order valence-corrected chi connectivity index (χ4v) is 3.26. The van der Waals surface area contributed by atoms with E-state index >= 15 is 0 Å². The molecule has 6 heteroatoms. The first-order valence-corrected chi connectivity index (χ1v) is 7.98. The van der Waals surface area contributed by atoms with Gasteiger partial charge in [0.15, 0.2) is 5.58 Å². The Hall–Kier alpha value is -1.66. The standard InChI is InChI=1S/C16H20N2O3S/c1-16(7-3-2-4-13(16)19)9-17-14(20)10-5-6-11-12(8-10)21-15(22)18-11/h5-6,8,13,19H,2-4,7,9H2,1H3,(H,17,20)(H,18,22)/t13-,16+/m1/s1. The molecule has 1 amide bonds. The topological polar surface area (TPSA) is 78.3 Å². The zero-order chi connectivity index (χ0) is 15.7. The van der Waals surface area contributed by atoms with Crippen LogP contribution in [-0.2, 0) is 0 Å². The number of aromatic nitrogens is 1. The van der Waals surface area contributed by atoms with Crippen LogP contribution < -0.4 is 5.32 Å². The average Bonchev–Trinajstić information content (AvgIpc) is 2.87. The molecule has 118 valence electrons. The number of carbonyl (C=O) groups excluding carboxylic acids is 1. The summed E-state index contributed by atoms with van der Waals surface area (Å²) < 4.78 is 5.33. The molecule has 0 spiro atoms. The van der Waals surface area contributed by atoms with E-state index in [0.29, 0.717) is 22.5 Å². The van der Waals surface area contributed by atoms with Crippen molar-refractivity contribution in [1.82, 2.24) is 10.3 Å². The van der Waals surface area contributed by atoms with E-state index in [4.69, 9.17) is 16.6 Å².